The van der Waals surface area contributed by atoms with E-state index in [4.69, 9.17) is 9.47 Å². The first-order valence-electron chi connectivity index (χ1n) is 13.2. The number of hydrogen-bond donors (Lipinski definition) is 0. The SMILES string of the molecule is CC(C)C1CCC(OC(=O)C2COC3C(C(=O)C4CCC(C(C)C)CC4)CCC23)CC1. The highest BCUT2D eigenvalue weighted by atomic mass is 16.6. The van der Waals surface area contributed by atoms with Crippen LogP contribution in [0.15, 0.2) is 0 Å². The zero-order valence-corrected chi connectivity index (χ0v) is 20.2. The van der Waals surface area contributed by atoms with Crippen LogP contribution in [0.3, 0.4) is 0 Å². The molecule has 0 aromatic heterocycles. The molecule has 0 aromatic rings. The van der Waals surface area contributed by atoms with Crippen molar-refractivity contribution >= 4 is 11.8 Å². The largest absolute Gasteiger partial charge is 0.462 e. The number of ether oxygens (including phenoxy) is 2. The van der Waals surface area contributed by atoms with Crippen molar-refractivity contribution in [1.29, 1.82) is 0 Å². The van der Waals surface area contributed by atoms with E-state index in [1.54, 1.807) is 0 Å². The molecule has 4 heteroatoms. The summed E-state index contributed by atoms with van der Waals surface area (Å²) in [4.78, 5) is 26.3. The average molecular weight is 433 g/mol. The molecule has 0 aromatic carbocycles. The van der Waals surface area contributed by atoms with Gasteiger partial charge in [0.2, 0.25) is 0 Å². The van der Waals surface area contributed by atoms with Gasteiger partial charge in [-0.2, -0.15) is 0 Å². The molecule has 4 atom stereocenters. The van der Waals surface area contributed by atoms with Gasteiger partial charge >= 0.3 is 5.97 Å². The molecule has 1 aliphatic heterocycles. The molecule has 1 heterocycles. The van der Waals surface area contributed by atoms with E-state index in [1.807, 2.05) is 0 Å². The molecule has 0 amide bonds. The molecule has 1 saturated heterocycles. The minimum atomic E-state index is -0.165. The summed E-state index contributed by atoms with van der Waals surface area (Å²) in [6.45, 7) is 9.63. The summed E-state index contributed by atoms with van der Waals surface area (Å²) in [6.07, 6.45) is 10.6. The molecule has 0 N–H and O–H groups in total. The fourth-order valence-corrected chi connectivity index (χ4v) is 7.05. The van der Waals surface area contributed by atoms with E-state index in [2.05, 4.69) is 27.7 Å². The van der Waals surface area contributed by atoms with Crippen LogP contribution in [0.2, 0.25) is 0 Å². The Bertz CT molecular complexity index is 625. The normalized spacial score (nSPS) is 40.8. The lowest BCUT2D eigenvalue weighted by Crippen LogP contribution is -2.35. The van der Waals surface area contributed by atoms with Gasteiger partial charge in [-0.25, -0.2) is 0 Å². The molecule has 4 rings (SSSR count). The van der Waals surface area contributed by atoms with Gasteiger partial charge in [0.15, 0.2) is 0 Å². The smallest absolute Gasteiger partial charge is 0.311 e. The van der Waals surface area contributed by atoms with Crippen LogP contribution in [-0.2, 0) is 19.1 Å². The number of rotatable bonds is 6. The van der Waals surface area contributed by atoms with Crippen molar-refractivity contribution in [2.75, 3.05) is 6.61 Å². The molecule has 4 fully saturated rings. The quantitative estimate of drug-likeness (QED) is 0.497. The van der Waals surface area contributed by atoms with Gasteiger partial charge in [-0.3, -0.25) is 9.59 Å². The summed E-state index contributed by atoms with van der Waals surface area (Å²) in [5, 5.41) is 0. The van der Waals surface area contributed by atoms with Crippen LogP contribution >= 0.6 is 0 Å². The van der Waals surface area contributed by atoms with Gasteiger partial charge in [0.1, 0.15) is 11.9 Å². The van der Waals surface area contributed by atoms with Crippen LogP contribution in [0.4, 0.5) is 0 Å². The van der Waals surface area contributed by atoms with Crippen molar-refractivity contribution in [2.24, 2.45) is 47.3 Å². The van der Waals surface area contributed by atoms with E-state index in [1.165, 1.54) is 25.7 Å². The molecule has 4 unspecified atom stereocenters. The predicted octanol–water partition coefficient (Wildman–Crippen LogP) is 5.82. The highest BCUT2D eigenvalue weighted by molar-refractivity contribution is 5.85. The highest BCUT2D eigenvalue weighted by Crippen LogP contribution is 2.47. The van der Waals surface area contributed by atoms with Crippen LogP contribution in [0.1, 0.15) is 91.9 Å². The first-order valence-corrected chi connectivity index (χ1v) is 13.2. The van der Waals surface area contributed by atoms with Gasteiger partial charge in [0.05, 0.1) is 18.6 Å². The van der Waals surface area contributed by atoms with Crippen molar-refractivity contribution in [3.05, 3.63) is 0 Å². The summed E-state index contributed by atoms with van der Waals surface area (Å²) in [7, 11) is 0. The zero-order chi connectivity index (χ0) is 22.1. The number of carbonyl (C=O) groups excluding carboxylic acids is 2. The first kappa shape index (κ1) is 23.3. The van der Waals surface area contributed by atoms with E-state index < -0.39 is 0 Å². The Morgan fingerprint density at radius 1 is 0.742 bits per heavy atom. The number of esters is 1. The van der Waals surface area contributed by atoms with E-state index >= 15 is 0 Å². The summed E-state index contributed by atoms with van der Waals surface area (Å²) >= 11 is 0. The van der Waals surface area contributed by atoms with Crippen molar-refractivity contribution < 1.29 is 19.1 Å². The standard InChI is InChI=1S/C27H44O4/c1-16(2)18-5-7-20(8-6-18)25(28)23-14-13-22-24(15-30-26(22)23)27(29)31-21-11-9-19(10-12-21)17(3)4/h16-24,26H,5-15H2,1-4H3. The third-order valence-corrected chi connectivity index (χ3v) is 9.34. The molecular weight excluding hydrogens is 388 g/mol. The second kappa shape index (κ2) is 9.93. The third-order valence-electron chi connectivity index (χ3n) is 9.34. The lowest BCUT2D eigenvalue weighted by molar-refractivity contribution is -0.157. The second-order valence-corrected chi connectivity index (χ2v) is 11.7. The van der Waals surface area contributed by atoms with Gasteiger partial charge in [0.25, 0.3) is 0 Å². The Morgan fingerprint density at radius 2 is 1.32 bits per heavy atom. The molecule has 4 aliphatic rings. The highest BCUT2D eigenvalue weighted by Gasteiger charge is 2.52. The van der Waals surface area contributed by atoms with Crippen LogP contribution in [0.25, 0.3) is 0 Å². The van der Waals surface area contributed by atoms with E-state index in [0.717, 1.165) is 56.3 Å². The van der Waals surface area contributed by atoms with E-state index in [9.17, 15) is 9.59 Å². The van der Waals surface area contributed by atoms with Gasteiger partial charge in [-0.1, -0.05) is 27.7 Å². The van der Waals surface area contributed by atoms with E-state index in [-0.39, 0.29) is 41.8 Å². The Hall–Kier alpha value is -0.900. The zero-order valence-electron chi connectivity index (χ0n) is 20.2. The maximum atomic E-state index is 13.3. The van der Waals surface area contributed by atoms with Crippen molar-refractivity contribution in [3.8, 4) is 0 Å². The van der Waals surface area contributed by atoms with E-state index in [0.29, 0.717) is 18.3 Å². The minimum Gasteiger partial charge on any atom is -0.462 e. The molecule has 4 nitrogen and oxygen atoms in total. The topological polar surface area (TPSA) is 52.6 Å². The molecule has 0 spiro atoms. The number of carbonyl (C=O) groups is 2. The lowest BCUT2D eigenvalue weighted by atomic mass is 9.73. The predicted molar refractivity (Wildman–Crippen MR) is 121 cm³/mol. The summed E-state index contributed by atoms with van der Waals surface area (Å²) in [5.41, 5.74) is 0. The first-order chi connectivity index (χ1) is 14.8. The van der Waals surface area contributed by atoms with Gasteiger partial charge in [-0.15, -0.1) is 0 Å². The van der Waals surface area contributed by atoms with Crippen LogP contribution in [-0.4, -0.2) is 30.6 Å². The Kier molecular flexibility index (Phi) is 7.45. The number of ketones is 1. The molecular formula is C27H44O4. The molecule has 3 aliphatic carbocycles. The van der Waals surface area contributed by atoms with Crippen LogP contribution in [0, 0.1) is 47.3 Å². The molecule has 0 bridgehead atoms. The van der Waals surface area contributed by atoms with Gasteiger partial charge < -0.3 is 9.47 Å². The Morgan fingerprint density at radius 3 is 1.90 bits per heavy atom. The molecule has 31 heavy (non-hydrogen) atoms. The Balaban J connectivity index is 1.27. The number of fused-ring (bicyclic) bond motifs is 1. The number of hydrogen-bond acceptors (Lipinski definition) is 4. The fraction of sp³-hybridized carbons (Fsp3) is 0.926. The minimum absolute atomic E-state index is 0.00452. The second-order valence-electron chi connectivity index (χ2n) is 11.7. The number of Topliss-reactive ketones (excluding diaryl/α,β-unsaturated/α-hetero) is 1. The third kappa shape index (κ3) is 5.04. The lowest BCUT2D eigenvalue weighted by Gasteiger charge is -2.32. The van der Waals surface area contributed by atoms with Crippen molar-refractivity contribution in [2.45, 2.75) is 104 Å². The monoisotopic (exact) mass is 432 g/mol. The fourth-order valence-electron chi connectivity index (χ4n) is 7.05. The van der Waals surface area contributed by atoms with Gasteiger partial charge in [-0.05, 0) is 87.9 Å². The maximum absolute atomic E-state index is 13.3. The van der Waals surface area contributed by atoms with Gasteiger partial charge in [0, 0.05) is 17.8 Å². The summed E-state index contributed by atoms with van der Waals surface area (Å²) in [5.74, 6) is 3.58. The van der Waals surface area contributed by atoms with Crippen LogP contribution in [0.5, 0.6) is 0 Å². The van der Waals surface area contributed by atoms with Crippen molar-refractivity contribution in [1.82, 2.24) is 0 Å². The molecule has 0 radical (unpaired) electrons. The maximum Gasteiger partial charge on any atom is 0.311 e. The molecule has 176 valence electrons. The summed E-state index contributed by atoms with van der Waals surface area (Å²) < 4.78 is 12.1. The van der Waals surface area contributed by atoms with Crippen LogP contribution < -0.4 is 0 Å². The van der Waals surface area contributed by atoms with Crippen molar-refractivity contribution in [3.63, 3.8) is 0 Å². The molecule has 3 saturated carbocycles. The summed E-state index contributed by atoms with van der Waals surface area (Å²) in [6, 6.07) is 0. The Labute approximate surface area is 189 Å². The average Bonchev–Trinajstić information content (AvgIpc) is 3.36.